The highest BCUT2D eigenvalue weighted by atomic mass is 32.1. The van der Waals surface area contributed by atoms with Crippen LogP contribution in [0, 0.1) is 11.7 Å². The van der Waals surface area contributed by atoms with Gasteiger partial charge in [0, 0.05) is 18.8 Å². The second-order valence-electron chi connectivity index (χ2n) is 4.56. The second kappa shape index (κ2) is 5.97. The van der Waals surface area contributed by atoms with Crippen molar-refractivity contribution in [3.05, 3.63) is 30.1 Å². The predicted molar refractivity (Wildman–Crippen MR) is 74.6 cm³/mol. The molecule has 1 heterocycles. The Labute approximate surface area is 116 Å². The van der Waals surface area contributed by atoms with E-state index in [0.717, 1.165) is 13.0 Å². The topological polar surface area (TPSA) is 52.6 Å². The number of aliphatic carboxylic acids is 1. The maximum absolute atomic E-state index is 12.8. The predicted octanol–water partition coefficient (Wildman–Crippen LogP) is 2.32. The lowest BCUT2D eigenvalue weighted by molar-refractivity contribution is -0.143. The first kappa shape index (κ1) is 13.7. The normalized spacial score (nSPS) is 19.0. The van der Waals surface area contributed by atoms with E-state index in [1.54, 1.807) is 12.1 Å². The number of halogens is 1. The van der Waals surface area contributed by atoms with Crippen molar-refractivity contribution in [1.82, 2.24) is 4.90 Å². The summed E-state index contributed by atoms with van der Waals surface area (Å²) in [6.07, 6.45) is 1.49. The molecule has 1 saturated heterocycles. The number of carbonyl (C=O) groups is 1. The summed E-state index contributed by atoms with van der Waals surface area (Å²) in [6, 6.07) is 5.89. The third kappa shape index (κ3) is 3.64. The minimum absolute atomic E-state index is 0.305. The summed E-state index contributed by atoms with van der Waals surface area (Å²) in [5.41, 5.74) is 0.698. The van der Waals surface area contributed by atoms with Gasteiger partial charge in [-0.3, -0.25) is 4.79 Å². The van der Waals surface area contributed by atoms with Crippen LogP contribution in [0.1, 0.15) is 12.8 Å². The molecule has 1 atom stereocenters. The van der Waals surface area contributed by atoms with Gasteiger partial charge in [0.25, 0.3) is 0 Å². The van der Waals surface area contributed by atoms with E-state index >= 15 is 0 Å². The summed E-state index contributed by atoms with van der Waals surface area (Å²) in [7, 11) is 0. The molecular weight excluding hydrogens is 267 g/mol. The number of carboxylic acid groups (broad SMARTS) is 1. The Balaban J connectivity index is 1.96. The van der Waals surface area contributed by atoms with Gasteiger partial charge in [-0.1, -0.05) is 0 Å². The average molecular weight is 282 g/mol. The van der Waals surface area contributed by atoms with Gasteiger partial charge in [0.1, 0.15) is 5.82 Å². The van der Waals surface area contributed by atoms with Gasteiger partial charge in [-0.2, -0.15) is 0 Å². The van der Waals surface area contributed by atoms with Crippen LogP contribution in [-0.4, -0.2) is 34.2 Å². The molecule has 0 bridgehead atoms. The van der Waals surface area contributed by atoms with Crippen LogP contribution in [0.25, 0.3) is 0 Å². The molecule has 6 heteroatoms. The fourth-order valence-corrected chi connectivity index (χ4v) is 2.38. The molecule has 0 spiro atoms. The second-order valence-corrected chi connectivity index (χ2v) is 4.95. The highest BCUT2D eigenvalue weighted by Crippen LogP contribution is 2.18. The minimum Gasteiger partial charge on any atom is -0.481 e. The maximum atomic E-state index is 12.8. The molecule has 0 aliphatic carbocycles. The van der Waals surface area contributed by atoms with Gasteiger partial charge in [-0.15, -0.1) is 0 Å². The Hall–Kier alpha value is -1.69. The molecule has 1 unspecified atom stereocenters. The van der Waals surface area contributed by atoms with Crippen molar-refractivity contribution < 1.29 is 14.3 Å². The molecule has 0 saturated carbocycles. The average Bonchev–Trinajstić information content (AvgIpc) is 2.41. The Bertz CT molecular complexity index is 478. The molecular formula is C13H15FN2O2S. The molecule has 1 fully saturated rings. The molecule has 102 valence electrons. The van der Waals surface area contributed by atoms with Crippen LogP contribution in [0.15, 0.2) is 24.3 Å². The molecule has 0 amide bonds. The number of hydrogen-bond acceptors (Lipinski definition) is 2. The molecule has 1 aliphatic heterocycles. The summed E-state index contributed by atoms with van der Waals surface area (Å²) in [5.74, 6) is -1.46. The summed E-state index contributed by atoms with van der Waals surface area (Å²) in [5, 5.41) is 12.5. The van der Waals surface area contributed by atoms with E-state index in [2.05, 4.69) is 5.32 Å². The highest BCUT2D eigenvalue weighted by molar-refractivity contribution is 7.80. The van der Waals surface area contributed by atoms with Crippen molar-refractivity contribution in [3.8, 4) is 0 Å². The number of anilines is 1. The number of nitrogens with one attached hydrogen (secondary N) is 1. The molecule has 0 radical (unpaired) electrons. The Kier molecular flexibility index (Phi) is 4.31. The molecule has 1 aliphatic rings. The summed E-state index contributed by atoms with van der Waals surface area (Å²) in [4.78, 5) is 12.8. The third-order valence-electron chi connectivity index (χ3n) is 3.15. The van der Waals surface area contributed by atoms with Crippen LogP contribution in [0.3, 0.4) is 0 Å². The van der Waals surface area contributed by atoms with Crippen molar-refractivity contribution in [2.24, 2.45) is 5.92 Å². The number of carboxylic acids is 1. The number of thiocarbonyl (C=S) groups is 1. The quantitative estimate of drug-likeness (QED) is 0.815. The zero-order valence-electron chi connectivity index (χ0n) is 10.3. The number of rotatable bonds is 2. The van der Waals surface area contributed by atoms with Crippen LogP contribution in [0.4, 0.5) is 10.1 Å². The number of hydrogen-bond donors (Lipinski definition) is 2. The lowest BCUT2D eigenvalue weighted by Gasteiger charge is -2.32. The largest absolute Gasteiger partial charge is 0.481 e. The summed E-state index contributed by atoms with van der Waals surface area (Å²) in [6.45, 7) is 1.17. The first-order valence-electron chi connectivity index (χ1n) is 6.10. The standard InChI is InChI=1S/C13H15FN2O2S/c14-10-3-5-11(6-4-10)15-13(19)16-7-1-2-9(8-16)12(17)18/h3-6,9H,1-2,7-8H2,(H,15,19)(H,17,18). The first-order valence-corrected chi connectivity index (χ1v) is 6.51. The Morgan fingerprint density at radius 2 is 2.11 bits per heavy atom. The van der Waals surface area contributed by atoms with E-state index in [-0.39, 0.29) is 11.7 Å². The minimum atomic E-state index is -0.783. The van der Waals surface area contributed by atoms with E-state index in [1.807, 2.05) is 4.90 Å². The smallest absolute Gasteiger partial charge is 0.308 e. The van der Waals surface area contributed by atoms with E-state index in [4.69, 9.17) is 17.3 Å². The number of likely N-dealkylation sites (tertiary alicyclic amines) is 1. The van der Waals surface area contributed by atoms with E-state index < -0.39 is 5.97 Å². The number of piperidine rings is 1. The van der Waals surface area contributed by atoms with Gasteiger partial charge < -0.3 is 15.3 Å². The van der Waals surface area contributed by atoms with Crippen LogP contribution >= 0.6 is 12.2 Å². The number of benzene rings is 1. The van der Waals surface area contributed by atoms with Gasteiger partial charge >= 0.3 is 5.97 Å². The van der Waals surface area contributed by atoms with Crippen LogP contribution in [0.5, 0.6) is 0 Å². The van der Waals surface area contributed by atoms with Crippen LogP contribution in [-0.2, 0) is 4.79 Å². The van der Waals surface area contributed by atoms with Gasteiger partial charge in [0.15, 0.2) is 5.11 Å². The lowest BCUT2D eigenvalue weighted by atomic mass is 9.99. The monoisotopic (exact) mass is 282 g/mol. The number of nitrogens with zero attached hydrogens (tertiary/aromatic N) is 1. The first-order chi connectivity index (χ1) is 9.06. The molecule has 4 nitrogen and oxygen atoms in total. The van der Waals surface area contributed by atoms with Crippen LogP contribution in [0.2, 0.25) is 0 Å². The molecule has 1 aromatic rings. The van der Waals surface area contributed by atoms with Gasteiger partial charge in [0.05, 0.1) is 5.92 Å². The molecule has 1 aromatic carbocycles. The van der Waals surface area contributed by atoms with Gasteiger partial charge in [0.2, 0.25) is 0 Å². The van der Waals surface area contributed by atoms with Crippen molar-refractivity contribution in [2.75, 3.05) is 18.4 Å². The van der Waals surface area contributed by atoms with Gasteiger partial charge in [-0.25, -0.2) is 4.39 Å². The zero-order chi connectivity index (χ0) is 13.8. The van der Waals surface area contributed by atoms with Gasteiger partial charge in [-0.05, 0) is 49.3 Å². The maximum Gasteiger partial charge on any atom is 0.308 e. The third-order valence-corrected chi connectivity index (χ3v) is 3.51. The fourth-order valence-electron chi connectivity index (χ4n) is 2.10. The Morgan fingerprint density at radius 1 is 1.42 bits per heavy atom. The van der Waals surface area contributed by atoms with E-state index in [9.17, 15) is 9.18 Å². The SMILES string of the molecule is O=C(O)C1CCCN(C(=S)Nc2ccc(F)cc2)C1. The molecule has 2 N–H and O–H groups in total. The molecule has 0 aromatic heterocycles. The van der Waals surface area contributed by atoms with E-state index in [1.165, 1.54) is 12.1 Å². The van der Waals surface area contributed by atoms with Crippen molar-refractivity contribution in [2.45, 2.75) is 12.8 Å². The van der Waals surface area contributed by atoms with Crippen LogP contribution < -0.4 is 5.32 Å². The molecule has 19 heavy (non-hydrogen) atoms. The Morgan fingerprint density at radius 3 is 2.74 bits per heavy atom. The highest BCUT2D eigenvalue weighted by Gasteiger charge is 2.26. The molecule has 2 rings (SSSR count). The fraction of sp³-hybridized carbons (Fsp3) is 0.385. The lowest BCUT2D eigenvalue weighted by Crippen LogP contribution is -2.44. The van der Waals surface area contributed by atoms with Crippen molar-refractivity contribution in [1.29, 1.82) is 0 Å². The van der Waals surface area contributed by atoms with E-state index in [0.29, 0.717) is 23.8 Å². The van der Waals surface area contributed by atoms with Crippen molar-refractivity contribution >= 4 is 29.0 Å². The zero-order valence-corrected chi connectivity index (χ0v) is 11.1. The summed E-state index contributed by atoms with van der Waals surface area (Å²) >= 11 is 5.26. The van der Waals surface area contributed by atoms with Crippen molar-refractivity contribution in [3.63, 3.8) is 0 Å². The summed E-state index contributed by atoms with van der Waals surface area (Å²) < 4.78 is 12.8.